The van der Waals surface area contributed by atoms with Crippen LogP contribution < -0.4 is 16.0 Å². The maximum absolute atomic E-state index is 12.3. The zero-order chi connectivity index (χ0) is 19.8. The van der Waals surface area contributed by atoms with E-state index in [1.807, 2.05) is 37.4 Å². The summed E-state index contributed by atoms with van der Waals surface area (Å²) in [7, 11) is 1.72. The molecule has 0 radical (unpaired) electrons. The number of guanidine groups is 1. The molecular weight excluding hydrogens is 374 g/mol. The molecule has 0 aliphatic rings. The summed E-state index contributed by atoms with van der Waals surface area (Å²) in [5, 5.41) is 10.4. The standard InChI is InChI=1S/C20H23N5O2S/c1-14-10-22-18(28-14)13-25-20(21-2)24-11-15-5-3-6-16(9-15)19(26)23-12-17-7-4-8-27-17/h3-10H,11-13H2,1-2H3,(H,23,26)(H2,21,24,25). The number of furan rings is 1. The number of aromatic nitrogens is 1. The lowest BCUT2D eigenvalue weighted by atomic mass is 10.1. The Hall–Kier alpha value is -3.13. The number of carbonyl (C=O) groups excluding carboxylic acids is 1. The lowest BCUT2D eigenvalue weighted by molar-refractivity contribution is 0.0948. The maximum atomic E-state index is 12.3. The van der Waals surface area contributed by atoms with E-state index in [1.165, 1.54) is 4.88 Å². The Morgan fingerprint density at radius 2 is 2.00 bits per heavy atom. The zero-order valence-electron chi connectivity index (χ0n) is 15.9. The topological polar surface area (TPSA) is 91.5 Å². The predicted octanol–water partition coefficient (Wildman–Crippen LogP) is 2.84. The molecule has 3 N–H and O–H groups in total. The first-order valence-electron chi connectivity index (χ1n) is 8.89. The van der Waals surface area contributed by atoms with Gasteiger partial charge in [0.25, 0.3) is 5.91 Å². The Balaban J connectivity index is 1.50. The molecular formula is C20H23N5O2S. The van der Waals surface area contributed by atoms with Crippen molar-refractivity contribution < 1.29 is 9.21 Å². The van der Waals surface area contributed by atoms with E-state index in [9.17, 15) is 4.79 Å². The molecule has 0 fully saturated rings. The van der Waals surface area contributed by atoms with Crippen molar-refractivity contribution in [2.75, 3.05) is 7.05 Å². The number of carbonyl (C=O) groups is 1. The second-order valence-corrected chi connectivity index (χ2v) is 7.43. The van der Waals surface area contributed by atoms with Gasteiger partial charge in [-0.2, -0.15) is 0 Å². The van der Waals surface area contributed by atoms with Crippen LogP contribution in [0.15, 0.2) is 58.3 Å². The van der Waals surface area contributed by atoms with Gasteiger partial charge in [-0.3, -0.25) is 9.79 Å². The molecule has 2 aromatic heterocycles. The van der Waals surface area contributed by atoms with E-state index >= 15 is 0 Å². The number of nitrogens with zero attached hydrogens (tertiary/aromatic N) is 2. The van der Waals surface area contributed by atoms with Gasteiger partial charge < -0.3 is 20.4 Å². The van der Waals surface area contributed by atoms with Crippen LogP contribution in [0.3, 0.4) is 0 Å². The Morgan fingerprint density at radius 3 is 2.71 bits per heavy atom. The SMILES string of the molecule is CN=C(NCc1cccc(C(=O)NCc2ccco2)c1)NCc1ncc(C)s1. The lowest BCUT2D eigenvalue weighted by Crippen LogP contribution is -2.36. The maximum Gasteiger partial charge on any atom is 0.251 e. The van der Waals surface area contributed by atoms with E-state index in [2.05, 4.69) is 25.9 Å². The molecule has 1 amide bonds. The van der Waals surface area contributed by atoms with E-state index in [1.54, 1.807) is 36.8 Å². The van der Waals surface area contributed by atoms with Gasteiger partial charge in [-0.15, -0.1) is 11.3 Å². The number of hydrogen-bond donors (Lipinski definition) is 3. The van der Waals surface area contributed by atoms with Crippen molar-refractivity contribution in [3.63, 3.8) is 0 Å². The normalized spacial score (nSPS) is 11.3. The largest absolute Gasteiger partial charge is 0.467 e. The van der Waals surface area contributed by atoms with Gasteiger partial charge in [0.15, 0.2) is 5.96 Å². The number of aryl methyl sites for hydroxylation is 1. The number of thiazole rings is 1. The van der Waals surface area contributed by atoms with Crippen LogP contribution in [0.4, 0.5) is 0 Å². The Labute approximate surface area is 167 Å². The molecule has 28 heavy (non-hydrogen) atoms. The van der Waals surface area contributed by atoms with Crippen LogP contribution in [-0.2, 0) is 19.6 Å². The van der Waals surface area contributed by atoms with Crippen LogP contribution in [0.1, 0.15) is 31.6 Å². The minimum Gasteiger partial charge on any atom is -0.467 e. The number of hydrogen-bond acceptors (Lipinski definition) is 5. The van der Waals surface area contributed by atoms with Crippen molar-refractivity contribution in [2.24, 2.45) is 4.99 Å². The number of amides is 1. The van der Waals surface area contributed by atoms with Gasteiger partial charge in [-0.05, 0) is 36.8 Å². The monoisotopic (exact) mass is 397 g/mol. The Kier molecular flexibility index (Phi) is 6.80. The van der Waals surface area contributed by atoms with Crippen LogP contribution in [0.2, 0.25) is 0 Å². The van der Waals surface area contributed by atoms with E-state index < -0.39 is 0 Å². The summed E-state index contributed by atoms with van der Waals surface area (Å²) in [6, 6.07) is 11.1. The highest BCUT2D eigenvalue weighted by atomic mass is 32.1. The second kappa shape index (κ2) is 9.70. The third kappa shape index (κ3) is 5.68. The molecule has 0 spiro atoms. The van der Waals surface area contributed by atoms with Crippen LogP contribution in [0.5, 0.6) is 0 Å². The Bertz CT molecular complexity index is 934. The van der Waals surface area contributed by atoms with Crippen LogP contribution in [-0.4, -0.2) is 23.9 Å². The van der Waals surface area contributed by atoms with Gasteiger partial charge in [0.1, 0.15) is 10.8 Å². The number of nitrogens with one attached hydrogen (secondary N) is 3. The van der Waals surface area contributed by atoms with Gasteiger partial charge in [0.2, 0.25) is 0 Å². The second-order valence-electron chi connectivity index (χ2n) is 6.11. The molecule has 0 aliphatic heterocycles. The fourth-order valence-corrected chi connectivity index (χ4v) is 3.28. The summed E-state index contributed by atoms with van der Waals surface area (Å²) < 4.78 is 5.23. The third-order valence-electron chi connectivity index (χ3n) is 3.95. The fourth-order valence-electron chi connectivity index (χ4n) is 2.55. The summed E-state index contributed by atoms with van der Waals surface area (Å²) >= 11 is 1.66. The van der Waals surface area contributed by atoms with E-state index in [4.69, 9.17) is 4.42 Å². The molecule has 0 aliphatic carbocycles. The molecule has 3 rings (SSSR count). The van der Waals surface area contributed by atoms with E-state index in [0.717, 1.165) is 16.3 Å². The molecule has 0 unspecified atom stereocenters. The van der Waals surface area contributed by atoms with Crippen LogP contribution in [0.25, 0.3) is 0 Å². The highest BCUT2D eigenvalue weighted by Gasteiger charge is 2.08. The average molecular weight is 398 g/mol. The smallest absolute Gasteiger partial charge is 0.251 e. The first-order valence-corrected chi connectivity index (χ1v) is 9.71. The van der Waals surface area contributed by atoms with Gasteiger partial charge in [-0.1, -0.05) is 12.1 Å². The molecule has 0 saturated carbocycles. The van der Waals surface area contributed by atoms with Crippen molar-refractivity contribution >= 4 is 23.2 Å². The van der Waals surface area contributed by atoms with Gasteiger partial charge in [0, 0.05) is 30.2 Å². The summed E-state index contributed by atoms with van der Waals surface area (Å²) in [4.78, 5) is 22.1. The summed E-state index contributed by atoms with van der Waals surface area (Å²) in [6.07, 6.45) is 3.45. The molecule has 146 valence electrons. The highest BCUT2D eigenvalue weighted by Crippen LogP contribution is 2.10. The summed E-state index contributed by atoms with van der Waals surface area (Å²) in [6.45, 7) is 3.57. The molecule has 0 bridgehead atoms. The highest BCUT2D eigenvalue weighted by molar-refractivity contribution is 7.11. The van der Waals surface area contributed by atoms with Gasteiger partial charge >= 0.3 is 0 Å². The fraction of sp³-hybridized carbons (Fsp3) is 0.250. The number of aliphatic imine (C=N–C) groups is 1. The third-order valence-corrected chi connectivity index (χ3v) is 4.86. The van der Waals surface area contributed by atoms with E-state index in [0.29, 0.717) is 31.2 Å². The molecule has 1 aromatic carbocycles. The predicted molar refractivity (Wildman–Crippen MR) is 110 cm³/mol. The van der Waals surface area contributed by atoms with Crippen molar-refractivity contribution in [3.05, 3.63) is 75.6 Å². The van der Waals surface area contributed by atoms with E-state index in [-0.39, 0.29) is 5.91 Å². The zero-order valence-corrected chi connectivity index (χ0v) is 16.7. The quantitative estimate of drug-likeness (QED) is 0.421. The van der Waals surface area contributed by atoms with Crippen LogP contribution >= 0.6 is 11.3 Å². The first-order chi connectivity index (χ1) is 13.6. The average Bonchev–Trinajstić information content (AvgIpc) is 3.38. The minimum absolute atomic E-state index is 0.139. The molecule has 7 nitrogen and oxygen atoms in total. The molecule has 3 aromatic rings. The van der Waals surface area contributed by atoms with Crippen molar-refractivity contribution in [2.45, 2.75) is 26.6 Å². The Morgan fingerprint density at radius 1 is 1.14 bits per heavy atom. The summed E-state index contributed by atoms with van der Waals surface area (Å²) in [5.74, 6) is 1.26. The molecule has 0 saturated heterocycles. The molecule has 8 heteroatoms. The molecule has 2 heterocycles. The van der Waals surface area contributed by atoms with Gasteiger partial charge in [-0.25, -0.2) is 4.98 Å². The minimum atomic E-state index is -0.139. The first kappa shape index (κ1) is 19.6. The van der Waals surface area contributed by atoms with Gasteiger partial charge in [0.05, 0.1) is 19.4 Å². The lowest BCUT2D eigenvalue weighted by Gasteiger charge is -2.11. The number of benzene rings is 1. The van der Waals surface area contributed by atoms with Crippen molar-refractivity contribution in [3.8, 4) is 0 Å². The van der Waals surface area contributed by atoms with Crippen LogP contribution in [0, 0.1) is 6.92 Å². The van der Waals surface area contributed by atoms with Crippen molar-refractivity contribution in [1.29, 1.82) is 0 Å². The molecule has 0 atom stereocenters. The summed E-state index contributed by atoms with van der Waals surface area (Å²) in [5.41, 5.74) is 1.59. The van der Waals surface area contributed by atoms with Crippen molar-refractivity contribution in [1.82, 2.24) is 20.9 Å². The number of rotatable bonds is 7.